The van der Waals surface area contributed by atoms with Crippen LogP contribution in [0.5, 0.6) is 11.5 Å². The Morgan fingerprint density at radius 2 is 1.90 bits per heavy atom. The van der Waals surface area contributed by atoms with E-state index in [4.69, 9.17) is 21.1 Å². The number of benzene rings is 2. The van der Waals surface area contributed by atoms with Gasteiger partial charge in [-0.2, -0.15) is 0 Å². The van der Waals surface area contributed by atoms with E-state index in [0.717, 1.165) is 10.6 Å². The predicted molar refractivity (Wildman–Crippen MR) is 110 cm³/mol. The average molecular weight is 445 g/mol. The van der Waals surface area contributed by atoms with Crippen LogP contribution in [0.2, 0.25) is 5.02 Å². The molecule has 0 unspecified atom stereocenters. The van der Waals surface area contributed by atoms with Crippen molar-refractivity contribution in [3.63, 3.8) is 0 Å². The van der Waals surface area contributed by atoms with Crippen molar-refractivity contribution in [2.24, 2.45) is 0 Å². The van der Waals surface area contributed by atoms with Crippen LogP contribution in [0.4, 0.5) is 10.1 Å². The topological polar surface area (TPSA) is 84.9 Å². The van der Waals surface area contributed by atoms with Crippen LogP contribution >= 0.6 is 11.6 Å². The van der Waals surface area contributed by atoms with E-state index < -0.39 is 22.0 Å². The van der Waals surface area contributed by atoms with Crippen LogP contribution in [0.15, 0.2) is 42.5 Å². The molecule has 158 valence electrons. The molecule has 0 saturated heterocycles. The van der Waals surface area contributed by atoms with E-state index in [2.05, 4.69) is 5.32 Å². The highest BCUT2D eigenvalue weighted by atomic mass is 35.5. The average Bonchev–Trinajstić information content (AvgIpc) is 2.65. The number of halogens is 2. The summed E-state index contributed by atoms with van der Waals surface area (Å²) in [5.41, 5.74) is 0.239. The van der Waals surface area contributed by atoms with Crippen molar-refractivity contribution in [1.29, 1.82) is 0 Å². The maximum Gasteiger partial charge on any atom is 0.243 e. The van der Waals surface area contributed by atoms with Gasteiger partial charge in [-0.1, -0.05) is 11.6 Å². The van der Waals surface area contributed by atoms with E-state index >= 15 is 0 Å². The van der Waals surface area contributed by atoms with Crippen molar-refractivity contribution in [2.75, 3.05) is 30.8 Å². The van der Waals surface area contributed by atoms with Crippen molar-refractivity contribution in [2.45, 2.75) is 13.0 Å². The maximum atomic E-state index is 12.9. The molecule has 7 nitrogen and oxygen atoms in total. The van der Waals surface area contributed by atoms with Crippen LogP contribution in [-0.4, -0.2) is 46.9 Å². The molecule has 0 fully saturated rings. The number of nitrogens with zero attached hydrogens (tertiary/aromatic N) is 1. The van der Waals surface area contributed by atoms with Gasteiger partial charge in [0.15, 0.2) is 0 Å². The third-order valence-corrected chi connectivity index (χ3v) is 5.50. The molecule has 0 heterocycles. The standard InChI is InChI=1S/C19H22ClFN2O5S/c1-13(19(24)22-10-11-28-16-7-4-14(21)5-8-16)23(29(3,25)26)15-6-9-18(27-2)17(20)12-15/h4-9,12-13H,10-11H2,1-3H3,(H,22,24)/t13-/m0/s1. The molecule has 0 aliphatic carbocycles. The van der Waals surface area contributed by atoms with Crippen molar-refractivity contribution in [1.82, 2.24) is 5.32 Å². The first kappa shape index (κ1) is 22.8. The summed E-state index contributed by atoms with van der Waals surface area (Å²) >= 11 is 6.09. The summed E-state index contributed by atoms with van der Waals surface area (Å²) < 4.78 is 48.9. The Bertz CT molecular complexity index is 954. The highest BCUT2D eigenvalue weighted by Crippen LogP contribution is 2.31. The quantitative estimate of drug-likeness (QED) is 0.601. The van der Waals surface area contributed by atoms with Crippen LogP contribution in [0.1, 0.15) is 6.92 Å². The normalized spacial score (nSPS) is 12.2. The van der Waals surface area contributed by atoms with Gasteiger partial charge in [0.25, 0.3) is 0 Å². The summed E-state index contributed by atoms with van der Waals surface area (Å²) in [4.78, 5) is 12.5. The summed E-state index contributed by atoms with van der Waals surface area (Å²) in [6.45, 7) is 1.74. The van der Waals surface area contributed by atoms with Crippen LogP contribution in [0.3, 0.4) is 0 Å². The van der Waals surface area contributed by atoms with Crippen molar-refractivity contribution < 1.29 is 27.1 Å². The van der Waals surface area contributed by atoms with Gasteiger partial charge in [0.05, 0.1) is 30.6 Å². The molecule has 0 aliphatic rings. The van der Waals surface area contributed by atoms with Gasteiger partial charge in [-0.25, -0.2) is 12.8 Å². The summed E-state index contributed by atoms with van der Waals surface area (Å²) in [6.07, 6.45) is 1.01. The summed E-state index contributed by atoms with van der Waals surface area (Å²) in [5, 5.41) is 2.84. The molecule has 0 aliphatic heterocycles. The second kappa shape index (κ2) is 9.80. The van der Waals surface area contributed by atoms with Crippen molar-refractivity contribution >= 4 is 33.2 Å². The lowest BCUT2D eigenvalue weighted by Gasteiger charge is -2.28. The first-order valence-electron chi connectivity index (χ1n) is 8.62. The highest BCUT2D eigenvalue weighted by Gasteiger charge is 2.29. The zero-order valence-electron chi connectivity index (χ0n) is 16.2. The number of ether oxygens (including phenoxy) is 2. The molecule has 2 rings (SSSR count). The smallest absolute Gasteiger partial charge is 0.243 e. The second-order valence-electron chi connectivity index (χ2n) is 6.15. The number of sulfonamides is 1. The van der Waals surface area contributed by atoms with E-state index in [1.807, 2.05) is 0 Å². The Hall–Kier alpha value is -2.52. The Kier molecular flexibility index (Phi) is 7.69. The molecule has 0 radical (unpaired) electrons. The minimum Gasteiger partial charge on any atom is -0.495 e. The van der Waals surface area contributed by atoms with Gasteiger partial charge in [-0.05, 0) is 49.4 Å². The number of hydrogen-bond acceptors (Lipinski definition) is 5. The Balaban J connectivity index is 2.03. The molecule has 0 saturated carbocycles. The number of carbonyl (C=O) groups is 1. The molecule has 0 spiro atoms. The third kappa shape index (κ3) is 6.23. The predicted octanol–water partition coefficient (Wildman–Crippen LogP) is 2.84. The minimum absolute atomic E-state index is 0.136. The summed E-state index contributed by atoms with van der Waals surface area (Å²) in [5.74, 6) is -0.0395. The summed E-state index contributed by atoms with van der Waals surface area (Å²) in [6, 6.07) is 8.89. The molecule has 0 aromatic heterocycles. The van der Waals surface area contributed by atoms with Gasteiger partial charge in [0.1, 0.15) is 30.0 Å². The van der Waals surface area contributed by atoms with Gasteiger partial charge < -0.3 is 14.8 Å². The zero-order valence-corrected chi connectivity index (χ0v) is 17.8. The largest absolute Gasteiger partial charge is 0.495 e. The minimum atomic E-state index is -3.77. The molecule has 0 bridgehead atoms. The molecule has 29 heavy (non-hydrogen) atoms. The first-order chi connectivity index (χ1) is 13.6. The Morgan fingerprint density at radius 3 is 2.45 bits per heavy atom. The second-order valence-corrected chi connectivity index (χ2v) is 8.41. The van der Waals surface area contributed by atoms with Gasteiger partial charge in [0.2, 0.25) is 15.9 Å². The Labute approximate surface area is 174 Å². The van der Waals surface area contributed by atoms with Gasteiger partial charge >= 0.3 is 0 Å². The fourth-order valence-electron chi connectivity index (χ4n) is 2.62. The number of methoxy groups -OCH3 is 1. The van der Waals surface area contributed by atoms with E-state index in [-0.39, 0.29) is 29.7 Å². The monoisotopic (exact) mass is 444 g/mol. The lowest BCUT2D eigenvalue weighted by molar-refractivity contribution is -0.121. The number of nitrogens with one attached hydrogen (secondary N) is 1. The van der Waals surface area contributed by atoms with Crippen molar-refractivity contribution in [3.8, 4) is 11.5 Å². The molecule has 2 aromatic carbocycles. The number of amides is 1. The lowest BCUT2D eigenvalue weighted by atomic mass is 10.2. The third-order valence-electron chi connectivity index (χ3n) is 3.96. The van der Waals surface area contributed by atoms with E-state index in [0.29, 0.717) is 11.5 Å². The highest BCUT2D eigenvalue weighted by molar-refractivity contribution is 7.92. The summed E-state index contributed by atoms with van der Waals surface area (Å²) in [7, 11) is -2.33. The van der Waals surface area contributed by atoms with Crippen molar-refractivity contribution in [3.05, 3.63) is 53.3 Å². The fourth-order valence-corrected chi connectivity index (χ4v) is 4.04. The Morgan fingerprint density at radius 1 is 1.24 bits per heavy atom. The number of anilines is 1. The lowest BCUT2D eigenvalue weighted by Crippen LogP contribution is -2.48. The van der Waals surface area contributed by atoms with Crippen LogP contribution in [0, 0.1) is 5.82 Å². The molecule has 1 N–H and O–H groups in total. The first-order valence-corrected chi connectivity index (χ1v) is 10.8. The maximum absolute atomic E-state index is 12.9. The van der Waals surface area contributed by atoms with Crippen LogP contribution < -0.4 is 19.1 Å². The molecular formula is C19H22ClFN2O5S. The van der Waals surface area contributed by atoms with E-state index in [9.17, 15) is 17.6 Å². The fraction of sp³-hybridized carbons (Fsp3) is 0.316. The molecule has 10 heteroatoms. The molecule has 1 amide bonds. The van der Waals surface area contributed by atoms with Gasteiger partial charge in [-0.3, -0.25) is 9.10 Å². The number of carbonyl (C=O) groups excluding carboxylic acids is 1. The van der Waals surface area contributed by atoms with E-state index in [1.54, 1.807) is 0 Å². The van der Waals surface area contributed by atoms with Gasteiger partial charge in [0, 0.05) is 0 Å². The zero-order chi connectivity index (χ0) is 21.6. The van der Waals surface area contributed by atoms with Crippen LogP contribution in [0.25, 0.3) is 0 Å². The number of hydrogen-bond donors (Lipinski definition) is 1. The van der Waals surface area contributed by atoms with Gasteiger partial charge in [-0.15, -0.1) is 0 Å². The molecular weight excluding hydrogens is 423 g/mol. The number of rotatable bonds is 9. The molecule has 2 aromatic rings. The van der Waals surface area contributed by atoms with E-state index in [1.165, 1.54) is 56.5 Å². The molecule has 1 atom stereocenters. The SMILES string of the molecule is COc1ccc(N([C@@H](C)C(=O)NCCOc2ccc(F)cc2)S(C)(=O)=O)cc1Cl. The van der Waals surface area contributed by atoms with Crippen LogP contribution in [-0.2, 0) is 14.8 Å².